The summed E-state index contributed by atoms with van der Waals surface area (Å²) in [7, 11) is 0. The van der Waals surface area contributed by atoms with Gasteiger partial charge in [-0.1, -0.05) is 0 Å². The molecule has 0 radical (unpaired) electrons. The molecule has 0 aliphatic rings. The Labute approximate surface area is 65.1 Å². The number of thiophene rings is 1. The largest absolute Gasteiger partial charge is 0.425 e. The molecule has 0 saturated carbocycles. The van der Waals surface area contributed by atoms with Gasteiger partial charge in [-0.25, -0.2) is 0 Å². The first kappa shape index (κ1) is 7.94. The normalized spacial score (nSPS) is 12.0. The van der Waals surface area contributed by atoms with Crippen molar-refractivity contribution < 1.29 is 13.2 Å². The summed E-state index contributed by atoms with van der Waals surface area (Å²) in [6.07, 6.45) is -4.22. The molecule has 0 amide bonds. The molecule has 1 aromatic rings. The summed E-state index contributed by atoms with van der Waals surface area (Å²) in [4.78, 5) is -0.241. The van der Waals surface area contributed by atoms with Gasteiger partial charge in [-0.15, -0.1) is 24.0 Å². The van der Waals surface area contributed by atoms with Crippen LogP contribution in [0.5, 0.6) is 0 Å². The van der Waals surface area contributed by atoms with E-state index in [0.29, 0.717) is 16.2 Å². The van der Waals surface area contributed by atoms with Gasteiger partial charge in [-0.05, 0) is 6.07 Å². The average Bonchev–Trinajstić information content (AvgIpc) is 2.11. The van der Waals surface area contributed by atoms with E-state index in [1.165, 1.54) is 5.38 Å². The third-order valence-electron chi connectivity index (χ3n) is 0.865. The Hall–Kier alpha value is -0.160. The fourth-order valence-corrected chi connectivity index (χ4v) is 1.49. The molecule has 0 nitrogen and oxygen atoms in total. The standard InChI is InChI=1S/C5H3F3S2/c6-5(7,8)4-1-3(9)2-10-4/h1-2,9H. The van der Waals surface area contributed by atoms with E-state index in [2.05, 4.69) is 12.6 Å². The number of halogens is 3. The zero-order chi connectivity index (χ0) is 7.78. The Balaban J connectivity index is 2.96. The SMILES string of the molecule is FC(F)(F)c1cc(S)cs1. The molecule has 56 valence electrons. The lowest BCUT2D eigenvalue weighted by Crippen LogP contribution is -2.00. The highest BCUT2D eigenvalue weighted by atomic mass is 32.1. The molecule has 10 heavy (non-hydrogen) atoms. The van der Waals surface area contributed by atoms with Crippen LogP contribution in [0.2, 0.25) is 0 Å². The van der Waals surface area contributed by atoms with Crippen molar-refractivity contribution in [1.29, 1.82) is 0 Å². The van der Waals surface area contributed by atoms with Crippen LogP contribution in [0, 0.1) is 0 Å². The monoisotopic (exact) mass is 184 g/mol. The van der Waals surface area contributed by atoms with Crippen LogP contribution in [-0.2, 0) is 6.18 Å². The van der Waals surface area contributed by atoms with E-state index in [0.717, 1.165) is 6.07 Å². The Morgan fingerprint density at radius 3 is 2.20 bits per heavy atom. The van der Waals surface area contributed by atoms with Gasteiger partial charge >= 0.3 is 6.18 Å². The van der Waals surface area contributed by atoms with Gasteiger partial charge in [0.15, 0.2) is 0 Å². The van der Waals surface area contributed by atoms with E-state index in [-0.39, 0.29) is 0 Å². The van der Waals surface area contributed by atoms with Crippen LogP contribution >= 0.6 is 24.0 Å². The number of thiol groups is 1. The second-order valence-electron chi connectivity index (χ2n) is 1.67. The van der Waals surface area contributed by atoms with Crippen LogP contribution in [-0.4, -0.2) is 0 Å². The van der Waals surface area contributed by atoms with Crippen LogP contribution in [0.25, 0.3) is 0 Å². The zero-order valence-electron chi connectivity index (χ0n) is 4.64. The predicted octanol–water partition coefficient (Wildman–Crippen LogP) is 3.06. The van der Waals surface area contributed by atoms with E-state index in [1.807, 2.05) is 0 Å². The Morgan fingerprint density at radius 1 is 1.40 bits per heavy atom. The molecule has 0 bridgehead atoms. The van der Waals surface area contributed by atoms with Crippen molar-refractivity contribution >= 4 is 24.0 Å². The second kappa shape index (κ2) is 2.47. The van der Waals surface area contributed by atoms with Crippen molar-refractivity contribution in [2.24, 2.45) is 0 Å². The van der Waals surface area contributed by atoms with Crippen molar-refractivity contribution in [3.05, 3.63) is 16.3 Å². The van der Waals surface area contributed by atoms with Crippen molar-refractivity contribution in [2.75, 3.05) is 0 Å². The first-order valence-corrected chi connectivity index (χ1v) is 3.67. The number of hydrogen-bond donors (Lipinski definition) is 1. The molecule has 1 heterocycles. The minimum atomic E-state index is -4.22. The second-order valence-corrected chi connectivity index (χ2v) is 3.09. The Morgan fingerprint density at radius 2 is 2.00 bits per heavy atom. The highest BCUT2D eigenvalue weighted by Gasteiger charge is 2.31. The third kappa shape index (κ3) is 1.67. The molecular formula is C5H3F3S2. The molecule has 0 saturated heterocycles. The van der Waals surface area contributed by atoms with E-state index in [4.69, 9.17) is 0 Å². The number of alkyl halides is 3. The lowest BCUT2D eigenvalue weighted by atomic mass is 10.5. The van der Waals surface area contributed by atoms with Crippen LogP contribution in [0.15, 0.2) is 16.3 Å². The van der Waals surface area contributed by atoms with Gasteiger partial charge in [0.1, 0.15) is 4.88 Å². The number of hydrogen-bond acceptors (Lipinski definition) is 2. The van der Waals surface area contributed by atoms with Gasteiger partial charge in [0, 0.05) is 10.3 Å². The molecular weight excluding hydrogens is 181 g/mol. The van der Waals surface area contributed by atoms with Gasteiger partial charge in [0.05, 0.1) is 0 Å². The molecule has 0 unspecified atom stereocenters. The summed E-state index contributed by atoms with van der Waals surface area (Å²) in [6, 6.07) is 1.01. The van der Waals surface area contributed by atoms with Gasteiger partial charge in [-0.2, -0.15) is 13.2 Å². The smallest absolute Gasteiger partial charge is 0.165 e. The maximum atomic E-state index is 11.8. The molecule has 0 N–H and O–H groups in total. The van der Waals surface area contributed by atoms with E-state index in [9.17, 15) is 13.2 Å². The van der Waals surface area contributed by atoms with Gasteiger partial charge < -0.3 is 0 Å². The first-order chi connectivity index (χ1) is 4.50. The molecule has 1 rings (SSSR count). The number of rotatable bonds is 0. The lowest BCUT2D eigenvalue weighted by molar-refractivity contribution is -0.134. The molecule has 0 spiro atoms. The molecule has 1 aromatic heterocycles. The summed E-state index contributed by atoms with van der Waals surface area (Å²) >= 11 is 4.40. The van der Waals surface area contributed by atoms with Crippen LogP contribution in [0.1, 0.15) is 4.88 Å². The van der Waals surface area contributed by atoms with Gasteiger partial charge in [0.25, 0.3) is 0 Å². The van der Waals surface area contributed by atoms with E-state index < -0.39 is 11.1 Å². The molecule has 0 aliphatic carbocycles. The van der Waals surface area contributed by atoms with Crippen LogP contribution < -0.4 is 0 Å². The highest BCUT2D eigenvalue weighted by Crippen LogP contribution is 2.34. The summed E-state index contributed by atoms with van der Waals surface area (Å²) in [5, 5.41) is 1.35. The molecule has 0 aliphatic heterocycles. The summed E-state index contributed by atoms with van der Waals surface area (Å²) < 4.78 is 35.3. The fraction of sp³-hybridized carbons (Fsp3) is 0.200. The molecule has 5 heteroatoms. The van der Waals surface area contributed by atoms with Crippen molar-refractivity contribution in [3.8, 4) is 0 Å². The predicted molar refractivity (Wildman–Crippen MR) is 36.6 cm³/mol. The van der Waals surface area contributed by atoms with Gasteiger partial charge in [0.2, 0.25) is 0 Å². The average molecular weight is 184 g/mol. The minimum absolute atomic E-state index is 0.359. The Bertz CT molecular complexity index is 225. The maximum Gasteiger partial charge on any atom is 0.425 e. The first-order valence-electron chi connectivity index (χ1n) is 2.35. The highest BCUT2D eigenvalue weighted by molar-refractivity contribution is 7.80. The fourth-order valence-electron chi connectivity index (χ4n) is 0.475. The van der Waals surface area contributed by atoms with E-state index in [1.54, 1.807) is 0 Å². The van der Waals surface area contributed by atoms with Crippen LogP contribution in [0.3, 0.4) is 0 Å². The van der Waals surface area contributed by atoms with E-state index >= 15 is 0 Å². The van der Waals surface area contributed by atoms with Crippen LogP contribution in [0.4, 0.5) is 13.2 Å². The summed E-state index contributed by atoms with van der Waals surface area (Å²) in [6.45, 7) is 0. The Kier molecular flexibility index (Phi) is 1.96. The molecule has 0 fully saturated rings. The molecule has 0 atom stereocenters. The summed E-state index contributed by atoms with van der Waals surface area (Å²) in [5.74, 6) is 0. The quantitative estimate of drug-likeness (QED) is 0.588. The molecule has 0 aromatic carbocycles. The van der Waals surface area contributed by atoms with Crippen molar-refractivity contribution in [3.63, 3.8) is 0 Å². The van der Waals surface area contributed by atoms with Crippen molar-refractivity contribution in [1.82, 2.24) is 0 Å². The topological polar surface area (TPSA) is 0 Å². The zero-order valence-corrected chi connectivity index (χ0v) is 6.35. The van der Waals surface area contributed by atoms with Crippen molar-refractivity contribution in [2.45, 2.75) is 11.1 Å². The maximum absolute atomic E-state index is 11.8. The minimum Gasteiger partial charge on any atom is -0.165 e. The lowest BCUT2D eigenvalue weighted by Gasteiger charge is -1.99. The third-order valence-corrected chi connectivity index (χ3v) is 2.27. The summed E-state index contributed by atoms with van der Waals surface area (Å²) in [5.41, 5.74) is 0. The van der Waals surface area contributed by atoms with Gasteiger partial charge in [-0.3, -0.25) is 0 Å².